The number of benzene rings is 1. The minimum absolute atomic E-state index is 0.116. The fourth-order valence-corrected chi connectivity index (χ4v) is 1.85. The number of rotatable bonds is 4. The van der Waals surface area contributed by atoms with E-state index in [2.05, 4.69) is 9.99 Å². The molecule has 0 bridgehead atoms. The Labute approximate surface area is 115 Å². The predicted molar refractivity (Wildman–Crippen MR) is 71.8 cm³/mol. The maximum Gasteiger partial charge on any atom is 0.367 e. The summed E-state index contributed by atoms with van der Waals surface area (Å²) in [7, 11) is 3.10. The highest BCUT2D eigenvalue weighted by molar-refractivity contribution is 6.38. The molecule has 0 spiro atoms. The number of alkyl halides is 1. The molecule has 0 radical (unpaired) electrons. The molecule has 19 heavy (non-hydrogen) atoms. The third-order valence-corrected chi connectivity index (χ3v) is 2.87. The first-order valence-electron chi connectivity index (χ1n) is 5.48. The highest BCUT2D eigenvalue weighted by atomic mass is 35.5. The topological polar surface area (TPSA) is 57.1 Å². The molecular formula is C13H12ClNO4. The summed E-state index contributed by atoms with van der Waals surface area (Å²) < 4.78 is 10.3. The number of methoxy groups -OCH3 is 2. The van der Waals surface area contributed by atoms with Crippen molar-refractivity contribution >= 4 is 29.4 Å². The van der Waals surface area contributed by atoms with Gasteiger partial charge in [0.1, 0.15) is 5.71 Å². The zero-order chi connectivity index (χ0) is 13.8. The molecule has 1 heterocycles. The summed E-state index contributed by atoms with van der Waals surface area (Å²) in [6, 6.07) is 5.30. The van der Waals surface area contributed by atoms with Crippen LogP contribution in [-0.4, -0.2) is 31.8 Å². The van der Waals surface area contributed by atoms with Crippen LogP contribution in [0.25, 0.3) is 6.08 Å². The number of oxime groups is 1. The van der Waals surface area contributed by atoms with E-state index in [0.717, 1.165) is 5.56 Å². The van der Waals surface area contributed by atoms with Gasteiger partial charge in [0.25, 0.3) is 0 Å². The van der Waals surface area contributed by atoms with Crippen molar-refractivity contribution in [1.29, 1.82) is 0 Å². The number of ether oxygens (including phenoxy) is 2. The van der Waals surface area contributed by atoms with Crippen molar-refractivity contribution in [3.8, 4) is 11.5 Å². The van der Waals surface area contributed by atoms with E-state index in [0.29, 0.717) is 22.8 Å². The number of carbonyl (C=O) groups excluding carboxylic acids is 1. The van der Waals surface area contributed by atoms with Gasteiger partial charge in [-0.15, -0.1) is 11.6 Å². The largest absolute Gasteiger partial charge is 0.493 e. The number of halogens is 1. The lowest BCUT2D eigenvalue weighted by Gasteiger charge is -2.07. The lowest BCUT2D eigenvalue weighted by Crippen LogP contribution is -2.06. The molecular weight excluding hydrogens is 270 g/mol. The van der Waals surface area contributed by atoms with Gasteiger partial charge in [-0.1, -0.05) is 11.2 Å². The van der Waals surface area contributed by atoms with E-state index >= 15 is 0 Å². The first kappa shape index (κ1) is 13.4. The van der Waals surface area contributed by atoms with Gasteiger partial charge in [0.05, 0.1) is 25.7 Å². The molecule has 1 aromatic rings. The van der Waals surface area contributed by atoms with E-state index in [1.807, 2.05) is 0 Å². The van der Waals surface area contributed by atoms with Gasteiger partial charge in [-0.2, -0.15) is 0 Å². The maximum atomic E-state index is 11.5. The van der Waals surface area contributed by atoms with Crippen molar-refractivity contribution in [2.75, 3.05) is 20.1 Å². The number of nitrogens with zero attached hydrogens (tertiary/aromatic N) is 1. The van der Waals surface area contributed by atoms with Crippen LogP contribution < -0.4 is 9.47 Å². The summed E-state index contributed by atoms with van der Waals surface area (Å²) in [6.07, 6.45) is 1.65. The average Bonchev–Trinajstić information content (AvgIpc) is 2.79. The molecule has 1 aliphatic heterocycles. The lowest BCUT2D eigenvalue weighted by atomic mass is 10.1. The van der Waals surface area contributed by atoms with E-state index in [4.69, 9.17) is 21.1 Å². The van der Waals surface area contributed by atoms with Crippen molar-refractivity contribution < 1.29 is 19.1 Å². The molecule has 0 aliphatic carbocycles. The highest BCUT2D eigenvalue weighted by Gasteiger charge is 2.24. The van der Waals surface area contributed by atoms with E-state index in [-0.39, 0.29) is 5.88 Å². The first-order valence-corrected chi connectivity index (χ1v) is 6.01. The van der Waals surface area contributed by atoms with Crippen molar-refractivity contribution in [3.63, 3.8) is 0 Å². The normalized spacial score (nSPS) is 16.3. The van der Waals surface area contributed by atoms with Gasteiger partial charge in [0.15, 0.2) is 11.5 Å². The fraction of sp³-hybridized carbons (Fsp3) is 0.231. The summed E-state index contributed by atoms with van der Waals surface area (Å²) in [5.74, 6) is 0.799. The number of carbonyl (C=O) groups is 1. The van der Waals surface area contributed by atoms with Gasteiger partial charge in [-0.05, 0) is 23.8 Å². The second kappa shape index (κ2) is 5.75. The second-order valence-corrected chi connectivity index (χ2v) is 3.99. The highest BCUT2D eigenvalue weighted by Crippen LogP contribution is 2.29. The number of hydrogen-bond acceptors (Lipinski definition) is 5. The third kappa shape index (κ3) is 2.71. The van der Waals surface area contributed by atoms with Crippen LogP contribution in [0.15, 0.2) is 28.9 Å². The Balaban J connectivity index is 2.38. The second-order valence-electron chi connectivity index (χ2n) is 3.72. The van der Waals surface area contributed by atoms with Gasteiger partial charge in [-0.3, -0.25) is 0 Å². The maximum absolute atomic E-state index is 11.5. The zero-order valence-corrected chi connectivity index (χ0v) is 11.2. The summed E-state index contributed by atoms with van der Waals surface area (Å²) in [5.41, 5.74) is 1.54. The molecule has 0 saturated carbocycles. The van der Waals surface area contributed by atoms with E-state index in [1.165, 1.54) is 0 Å². The molecule has 5 nitrogen and oxygen atoms in total. The monoisotopic (exact) mass is 281 g/mol. The van der Waals surface area contributed by atoms with Gasteiger partial charge in [0.2, 0.25) is 0 Å². The molecule has 6 heteroatoms. The van der Waals surface area contributed by atoms with Crippen molar-refractivity contribution in [2.24, 2.45) is 5.16 Å². The summed E-state index contributed by atoms with van der Waals surface area (Å²) >= 11 is 5.69. The minimum Gasteiger partial charge on any atom is -0.493 e. The molecule has 1 aromatic carbocycles. The quantitative estimate of drug-likeness (QED) is 0.482. The van der Waals surface area contributed by atoms with Crippen LogP contribution in [0.1, 0.15) is 5.56 Å². The Bertz CT molecular complexity index is 566. The summed E-state index contributed by atoms with van der Waals surface area (Å²) in [4.78, 5) is 16.1. The summed E-state index contributed by atoms with van der Waals surface area (Å²) in [5, 5.41) is 3.60. The van der Waals surface area contributed by atoms with Crippen LogP contribution in [0.5, 0.6) is 11.5 Å². The van der Waals surface area contributed by atoms with Crippen LogP contribution in [-0.2, 0) is 9.63 Å². The number of hydrogen-bond donors (Lipinski definition) is 0. The van der Waals surface area contributed by atoms with Crippen LogP contribution in [0.2, 0.25) is 0 Å². The van der Waals surface area contributed by atoms with E-state index in [9.17, 15) is 4.79 Å². The molecule has 0 atom stereocenters. The van der Waals surface area contributed by atoms with Crippen LogP contribution in [0, 0.1) is 0 Å². The third-order valence-electron chi connectivity index (χ3n) is 2.61. The zero-order valence-electron chi connectivity index (χ0n) is 10.5. The Kier molecular flexibility index (Phi) is 4.06. The van der Waals surface area contributed by atoms with Crippen LogP contribution in [0.3, 0.4) is 0 Å². The summed E-state index contributed by atoms with van der Waals surface area (Å²) in [6.45, 7) is 0. The molecule has 0 aromatic heterocycles. The molecule has 100 valence electrons. The standard InChI is InChI=1S/C13H12ClNO4/c1-17-11-4-3-8(6-12(11)18-2)5-9-10(7-14)15-19-13(9)16/h3-6H,7H2,1-2H3/b9-5+. The Hall–Kier alpha value is -2.01. The van der Waals surface area contributed by atoms with Crippen molar-refractivity contribution in [3.05, 3.63) is 29.3 Å². The van der Waals surface area contributed by atoms with Gasteiger partial charge in [-0.25, -0.2) is 4.79 Å². The predicted octanol–water partition coefficient (Wildman–Crippen LogP) is 2.24. The first-order chi connectivity index (χ1) is 9.19. The van der Waals surface area contributed by atoms with Crippen LogP contribution in [0.4, 0.5) is 0 Å². The molecule has 0 saturated heterocycles. The average molecular weight is 282 g/mol. The SMILES string of the molecule is COc1ccc(/C=C2/C(=O)ON=C2CCl)cc1OC. The lowest BCUT2D eigenvalue weighted by molar-refractivity contribution is -0.136. The van der Waals surface area contributed by atoms with Crippen molar-refractivity contribution in [1.82, 2.24) is 0 Å². The Morgan fingerprint density at radius 1 is 1.32 bits per heavy atom. The molecule has 0 amide bonds. The molecule has 2 rings (SSSR count). The van der Waals surface area contributed by atoms with E-state index < -0.39 is 5.97 Å². The molecule has 0 fully saturated rings. The van der Waals surface area contributed by atoms with E-state index in [1.54, 1.807) is 38.5 Å². The molecule has 1 aliphatic rings. The van der Waals surface area contributed by atoms with Gasteiger partial charge >= 0.3 is 5.97 Å². The molecule has 0 N–H and O–H groups in total. The van der Waals surface area contributed by atoms with Gasteiger partial charge in [0, 0.05) is 0 Å². The van der Waals surface area contributed by atoms with Crippen molar-refractivity contribution in [2.45, 2.75) is 0 Å². The Morgan fingerprint density at radius 2 is 2.05 bits per heavy atom. The Morgan fingerprint density at radius 3 is 2.68 bits per heavy atom. The van der Waals surface area contributed by atoms with Gasteiger partial charge < -0.3 is 14.3 Å². The minimum atomic E-state index is -0.509. The fourth-order valence-electron chi connectivity index (χ4n) is 1.66. The van der Waals surface area contributed by atoms with Crippen LogP contribution >= 0.6 is 11.6 Å². The smallest absolute Gasteiger partial charge is 0.367 e. The molecule has 0 unspecified atom stereocenters.